The molecular formula is C5H13N3O4S. The molecule has 1 aliphatic rings. The van der Waals surface area contributed by atoms with E-state index in [2.05, 4.69) is 0 Å². The first-order chi connectivity index (χ1) is 5.80. The Morgan fingerprint density at radius 2 is 1.62 bits per heavy atom. The molecule has 7 nitrogen and oxygen atoms in total. The van der Waals surface area contributed by atoms with Crippen molar-refractivity contribution in [2.45, 2.75) is 12.8 Å². The van der Waals surface area contributed by atoms with Gasteiger partial charge < -0.3 is 10.6 Å². The standard InChI is InChI=1S/C5H11N3.H2O4S/c6-5(7)8-3-1-2-4-8;1-5(2,3)4/h1-4H2,(H3,6,7);(H2,1,2,3,4). The van der Waals surface area contributed by atoms with Crippen LogP contribution in [0.5, 0.6) is 0 Å². The highest BCUT2D eigenvalue weighted by atomic mass is 32.3. The Kier molecular flexibility index (Phi) is 4.67. The lowest BCUT2D eigenvalue weighted by Crippen LogP contribution is -2.33. The first-order valence-corrected chi connectivity index (χ1v) is 4.99. The summed E-state index contributed by atoms with van der Waals surface area (Å²) < 4.78 is 31.6. The number of hydrogen-bond donors (Lipinski definition) is 4. The van der Waals surface area contributed by atoms with E-state index in [9.17, 15) is 0 Å². The molecule has 0 aromatic heterocycles. The minimum Gasteiger partial charge on any atom is -0.370 e. The van der Waals surface area contributed by atoms with Gasteiger partial charge in [0.25, 0.3) is 0 Å². The van der Waals surface area contributed by atoms with Gasteiger partial charge in [0.05, 0.1) is 0 Å². The average molecular weight is 211 g/mol. The molecule has 0 spiro atoms. The van der Waals surface area contributed by atoms with Gasteiger partial charge in [-0.1, -0.05) is 0 Å². The van der Waals surface area contributed by atoms with Crippen molar-refractivity contribution in [2.24, 2.45) is 5.73 Å². The van der Waals surface area contributed by atoms with Gasteiger partial charge in [0.15, 0.2) is 5.96 Å². The molecule has 0 radical (unpaired) electrons. The van der Waals surface area contributed by atoms with E-state index < -0.39 is 10.4 Å². The smallest absolute Gasteiger partial charge is 0.370 e. The maximum Gasteiger partial charge on any atom is 0.394 e. The van der Waals surface area contributed by atoms with E-state index >= 15 is 0 Å². The molecule has 8 heteroatoms. The predicted molar refractivity (Wildman–Crippen MR) is 46.9 cm³/mol. The van der Waals surface area contributed by atoms with Crippen LogP contribution in [0, 0.1) is 5.41 Å². The summed E-state index contributed by atoms with van der Waals surface area (Å²) in [4.78, 5) is 1.89. The lowest BCUT2D eigenvalue weighted by Gasteiger charge is -2.12. The van der Waals surface area contributed by atoms with Crippen molar-refractivity contribution in [3.05, 3.63) is 0 Å². The van der Waals surface area contributed by atoms with Crippen LogP contribution >= 0.6 is 0 Å². The Bertz CT molecular complexity index is 249. The van der Waals surface area contributed by atoms with Crippen LogP contribution < -0.4 is 5.73 Å². The highest BCUT2D eigenvalue weighted by Gasteiger charge is 2.10. The maximum absolute atomic E-state index is 8.74. The molecule has 0 saturated carbocycles. The summed E-state index contributed by atoms with van der Waals surface area (Å²) in [5.74, 6) is 0.225. The second-order valence-electron chi connectivity index (χ2n) is 2.53. The zero-order valence-corrected chi connectivity index (χ0v) is 7.79. The number of rotatable bonds is 0. The van der Waals surface area contributed by atoms with E-state index in [-0.39, 0.29) is 5.96 Å². The quantitative estimate of drug-likeness (QED) is 0.239. The molecule has 1 aliphatic heterocycles. The van der Waals surface area contributed by atoms with Crippen molar-refractivity contribution < 1.29 is 17.5 Å². The second-order valence-corrected chi connectivity index (χ2v) is 3.42. The molecule has 0 bridgehead atoms. The third-order valence-electron chi connectivity index (χ3n) is 1.45. The van der Waals surface area contributed by atoms with Crippen molar-refractivity contribution in [1.82, 2.24) is 4.90 Å². The third-order valence-corrected chi connectivity index (χ3v) is 1.45. The van der Waals surface area contributed by atoms with E-state index in [1.807, 2.05) is 4.90 Å². The fraction of sp³-hybridized carbons (Fsp3) is 0.800. The van der Waals surface area contributed by atoms with Crippen LogP contribution in [-0.4, -0.2) is 41.5 Å². The predicted octanol–water partition coefficient (Wildman–Crippen LogP) is -0.677. The number of nitrogens with zero attached hydrogens (tertiary/aromatic N) is 1. The van der Waals surface area contributed by atoms with Gasteiger partial charge >= 0.3 is 10.4 Å². The van der Waals surface area contributed by atoms with Gasteiger partial charge in [0.2, 0.25) is 0 Å². The first kappa shape index (κ1) is 12.1. The zero-order valence-electron chi connectivity index (χ0n) is 6.97. The summed E-state index contributed by atoms with van der Waals surface area (Å²) >= 11 is 0. The van der Waals surface area contributed by atoms with Gasteiger partial charge in [0, 0.05) is 13.1 Å². The summed E-state index contributed by atoms with van der Waals surface area (Å²) in [5.41, 5.74) is 5.21. The fourth-order valence-corrected chi connectivity index (χ4v) is 0.958. The number of guanidine groups is 1. The monoisotopic (exact) mass is 211 g/mol. The first-order valence-electron chi connectivity index (χ1n) is 3.59. The van der Waals surface area contributed by atoms with Crippen LogP contribution in [0.4, 0.5) is 0 Å². The Hall–Kier alpha value is -0.860. The molecule has 1 fully saturated rings. The molecule has 1 saturated heterocycles. The van der Waals surface area contributed by atoms with Gasteiger partial charge in [0.1, 0.15) is 0 Å². The molecule has 5 N–H and O–H groups in total. The molecule has 0 unspecified atom stereocenters. The van der Waals surface area contributed by atoms with Gasteiger partial charge in [-0.15, -0.1) is 0 Å². The van der Waals surface area contributed by atoms with Crippen molar-refractivity contribution in [2.75, 3.05) is 13.1 Å². The van der Waals surface area contributed by atoms with Crippen LogP contribution in [0.2, 0.25) is 0 Å². The molecular weight excluding hydrogens is 198 g/mol. The van der Waals surface area contributed by atoms with Crippen molar-refractivity contribution in [3.63, 3.8) is 0 Å². The number of nitrogens with two attached hydrogens (primary N) is 1. The molecule has 78 valence electrons. The van der Waals surface area contributed by atoms with E-state index in [4.69, 9.17) is 28.7 Å². The van der Waals surface area contributed by atoms with Crippen LogP contribution in [0.3, 0.4) is 0 Å². The fourth-order valence-electron chi connectivity index (χ4n) is 0.958. The third kappa shape index (κ3) is 9.05. The summed E-state index contributed by atoms with van der Waals surface area (Å²) in [6.45, 7) is 1.96. The molecule has 0 atom stereocenters. The lowest BCUT2D eigenvalue weighted by atomic mass is 10.4. The molecule has 13 heavy (non-hydrogen) atoms. The Morgan fingerprint density at radius 3 is 1.77 bits per heavy atom. The van der Waals surface area contributed by atoms with E-state index in [1.165, 1.54) is 12.8 Å². The minimum absolute atomic E-state index is 0.225. The Labute approximate surface area is 76.6 Å². The van der Waals surface area contributed by atoms with Crippen LogP contribution in [0.25, 0.3) is 0 Å². The average Bonchev–Trinajstić information content (AvgIpc) is 2.31. The molecule has 1 heterocycles. The second kappa shape index (κ2) is 5.00. The molecule has 0 aromatic carbocycles. The van der Waals surface area contributed by atoms with Crippen molar-refractivity contribution in [3.8, 4) is 0 Å². The molecule has 1 rings (SSSR count). The number of hydrogen-bond acceptors (Lipinski definition) is 3. The zero-order chi connectivity index (χ0) is 10.5. The van der Waals surface area contributed by atoms with Gasteiger partial charge in [-0.05, 0) is 12.8 Å². The largest absolute Gasteiger partial charge is 0.394 e. The Morgan fingerprint density at radius 1 is 1.31 bits per heavy atom. The van der Waals surface area contributed by atoms with Gasteiger partial charge in [-0.25, -0.2) is 0 Å². The maximum atomic E-state index is 8.74. The SMILES string of the molecule is N=C(N)N1CCCC1.O=S(=O)(O)O. The molecule has 0 aromatic rings. The summed E-state index contributed by atoms with van der Waals surface area (Å²) in [6, 6.07) is 0. The lowest BCUT2D eigenvalue weighted by molar-refractivity contribution is 0.381. The summed E-state index contributed by atoms with van der Waals surface area (Å²) in [5, 5.41) is 7.00. The van der Waals surface area contributed by atoms with E-state index in [1.54, 1.807) is 0 Å². The minimum atomic E-state index is -4.67. The highest BCUT2D eigenvalue weighted by Crippen LogP contribution is 2.04. The van der Waals surface area contributed by atoms with E-state index in [0.717, 1.165) is 13.1 Å². The van der Waals surface area contributed by atoms with E-state index in [0.29, 0.717) is 0 Å². The van der Waals surface area contributed by atoms with Crippen molar-refractivity contribution in [1.29, 1.82) is 5.41 Å². The molecule has 0 aliphatic carbocycles. The van der Waals surface area contributed by atoms with Gasteiger partial charge in [-0.3, -0.25) is 14.5 Å². The highest BCUT2D eigenvalue weighted by molar-refractivity contribution is 7.79. The Balaban J connectivity index is 0.000000252. The topological polar surface area (TPSA) is 128 Å². The summed E-state index contributed by atoms with van der Waals surface area (Å²) in [7, 11) is -4.67. The van der Waals surface area contributed by atoms with Crippen LogP contribution in [-0.2, 0) is 10.4 Å². The van der Waals surface area contributed by atoms with Crippen LogP contribution in [0.15, 0.2) is 0 Å². The number of likely N-dealkylation sites (tertiary alicyclic amines) is 1. The van der Waals surface area contributed by atoms with Gasteiger partial charge in [-0.2, -0.15) is 8.42 Å². The number of nitrogens with one attached hydrogen (secondary N) is 1. The summed E-state index contributed by atoms with van der Waals surface area (Å²) in [6.07, 6.45) is 2.39. The molecule has 0 amide bonds. The van der Waals surface area contributed by atoms with Crippen LogP contribution in [0.1, 0.15) is 12.8 Å². The van der Waals surface area contributed by atoms with Crippen molar-refractivity contribution >= 4 is 16.4 Å². The normalized spacial score (nSPS) is 16.3.